The number of ether oxygens (including phenoxy) is 1. The first-order valence-corrected chi connectivity index (χ1v) is 6.30. The average molecular weight is 226 g/mol. The Morgan fingerprint density at radius 3 is 2.50 bits per heavy atom. The molecule has 1 saturated carbocycles. The van der Waals surface area contributed by atoms with E-state index in [1.165, 1.54) is 19.3 Å². The summed E-state index contributed by atoms with van der Waals surface area (Å²) in [6.45, 7) is 1.02. The van der Waals surface area contributed by atoms with Gasteiger partial charge in [-0.1, -0.05) is 19.3 Å². The van der Waals surface area contributed by atoms with Gasteiger partial charge in [-0.3, -0.25) is 4.79 Å². The van der Waals surface area contributed by atoms with Gasteiger partial charge in [-0.05, 0) is 12.8 Å². The van der Waals surface area contributed by atoms with Gasteiger partial charge in [-0.25, -0.2) is 0 Å². The molecule has 92 valence electrons. The summed E-state index contributed by atoms with van der Waals surface area (Å²) in [5, 5.41) is 0. The molecule has 2 rings (SSSR count). The van der Waals surface area contributed by atoms with Crippen LogP contribution in [0.25, 0.3) is 0 Å². The predicted octanol–water partition coefficient (Wildman–Crippen LogP) is 0.751. The molecule has 0 aromatic rings. The molecule has 0 spiro atoms. The topological polar surface area (TPSA) is 55.6 Å². The Labute approximate surface area is 97.1 Å². The van der Waals surface area contributed by atoms with Crippen molar-refractivity contribution >= 4 is 5.91 Å². The van der Waals surface area contributed by atoms with Crippen molar-refractivity contribution in [2.75, 3.05) is 20.3 Å². The second-order valence-corrected chi connectivity index (χ2v) is 5.05. The Bertz CT molecular complexity index is 251. The minimum absolute atomic E-state index is 0.112. The van der Waals surface area contributed by atoms with Crippen LogP contribution < -0.4 is 5.73 Å². The Hall–Kier alpha value is -0.610. The quantitative estimate of drug-likeness (QED) is 0.756. The minimum atomic E-state index is -0.119. The van der Waals surface area contributed by atoms with Gasteiger partial charge in [0, 0.05) is 19.1 Å². The summed E-state index contributed by atoms with van der Waals surface area (Å²) in [6.07, 6.45) is 6.09. The molecule has 0 aromatic heterocycles. The molecule has 2 aliphatic rings. The number of nitrogens with zero attached hydrogens (tertiary/aromatic N) is 1. The van der Waals surface area contributed by atoms with Crippen molar-refractivity contribution in [2.24, 2.45) is 11.7 Å². The summed E-state index contributed by atoms with van der Waals surface area (Å²) >= 11 is 0. The van der Waals surface area contributed by atoms with Crippen molar-refractivity contribution in [1.29, 1.82) is 0 Å². The number of amides is 1. The van der Waals surface area contributed by atoms with Crippen molar-refractivity contribution < 1.29 is 9.53 Å². The van der Waals surface area contributed by atoms with E-state index in [4.69, 9.17) is 10.5 Å². The Kier molecular flexibility index (Phi) is 3.82. The van der Waals surface area contributed by atoms with Crippen molar-refractivity contribution in [3.8, 4) is 0 Å². The number of hydrogen-bond donors (Lipinski definition) is 1. The molecule has 1 aliphatic carbocycles. The molecular formula is C12H22N2O2. The van der Waals surface area contributed by atoms with E-state index in [0.717, 1.165) is 12.8 Å². The van der Waals surface area contributed by atoms with Gasteiger partial charge in [0.2, 0.25) is 5.91 Å². The maximum absolute atomic E-state index is 12.2. The monoisotopic (exact) mass is 226 g/mol. The van der Waals surface area contributed by atoms with Gasteiger partial charge in [0.1, 0.15) is 0 Å². The Morgan fingerprint density at radius 1 is 1.25 bits per heavy atom. The average Bonchev–Trinajstić information content (AvgIpc) is 2.75. The van der Waals surface area contributed by atoms with E-state index in [9.17, 15) is 4.79 Å². The molecule has 1 saturated heterocycles. The highest BCUT2D eigenvalue weighted by molar-refractivity contribution is 5.80. The zero-order valence-corrected chi connectivity index (χ0v) is 10.0. The lowest BCUT2D eigenvalue weighted by Gasteiger charge is -2.33. The van der Waals surface area contributed by atoms with E-state index in [-0.39, 0.29) is 17.9 Å². The van der Waals surface area contributed by atoms with Crippen molar-refractivity contribution in [1.82, 2.24) is 4.90 Å². The molecule has 4 nitrogen and oxygen atoms in total. The number of carbonyl (C=O) groups excluding carboxylic acids is 1. The largest absolute Gasteiger partial charge is 0.379 e. The first-order chi connectivity index (χ1) is 7.70. The van der Waals surface area contributed by atoms with Crippen LogP contribution in [0.15, 0.2) is 0 Å². The molecule has 0 aromatic carbocycles. The number of carbonyl (C=O) groups is 1. The molecule has 2 fully saturated rings. The third-order valence-corrected chi connectivity index (χ3v) is 3.91. The SMILES string of the molecule is CN(C(=O)C1COCC1N)C1CCCCC1. The highest BCUT2D eigenvalue weighted by Crippen LogP contribution is 2.24. The third kappa shape index (κ3) is 2.38. The Morgan fingerprint density at radius 2 is 1.94 bits per heavy atom. The normalized spacial score (nSPS) is 31.6. The summed E-state index contributed by atoms with van der Waals surface area (Å²) in [5.74, 6) is 0.0591. The van der Waals surface area contributed by atoms with Crippen LogP contribution in [0.1, 0.15) is 32.1 Å². The first kappa shape index (κ1) is 11.9. The lowest BCUT2D eigenvalue weighted by molar-refractivity contribution is -0.137. The van der Waals surface area contributed by atoms with Crippen molar-refractivity contribution in [2.45, 2.75) is 44.2 Å². The van der Waals surface area contributed by atoms with Gasteiger partial charge in [-0.2, -0.15) is 0 Å². The maximum atomic E-state index is 12.2. The summed E-state index contributed by atoms with van der Waals surface area (Å²) in [5.41, 5.74) is 5.87. The van der Waals surface area contributed by atoms with Crippen molar-refractivity contribution in [3.63, 3.8) is 0 Å². The van der Waals surface area contributed by atoms with Crippen LogP contribution in [0.4, 0.5) is 0 Å². The standard InChI is InChI=1S/C12H22N2O2/c1-14(9-5-3-2-4-6-9)12(15)10-7-16-8-11(10)13/h9-11H,2-8,13H2,1H3. The van der Waals surface area contributed by atoms with Gasteiger partial charge < -0.3 is 15.4 Å². The zero-order chi connectivity index (χ0) is 11.5. The van der Waals surface area contributed by atoms with Crippen molar-refractivity contribution in [3.05, 3.63) is 0 Å². The van der Waals surface area contributed by atoms with E-state index in [1.54, 1.807) is 0 Å². The van der Waals surface area contributed by atoms with Crippen LogP contribution in [-0.2, 0) is 9.53 Å². The van der Waals surface area contributed by atoms with Crippen LogP contribution >= 0.6 is 0 Å². The van der Waals surface area contributed by atoms with Crippen LogP contribution in [0.2, 0.25) is 0 Å². The summed E-state index contributed by atoms with van der Waals surface area (Å²) in [4.78, 5) is 14.1. The summed E-state index contributed by atoms with van der Waals surface area (Å²) in [7, 11) is 1.92. The number of nitrogens with two attached hydrogens (primary N) is 1. The molecule has 2 N–H and O–H groups in total. The fraction of sp³-hybridized carbons (Fsp3) is 0.917. The van der Waals surface area contributed by atoms with E-state index in [1.807, 2.05) is 11.9 Å². The highest BCUT2D eigenvalue weighted by Gasteiger charge is 2.35. The second-order valence-electron chi connectivity index (χ2n) is 5.05. The fourth-order valence-corrected chi connectivity index (χ4v) is 2.74. The second kappa shape index (κ2) is 5.15. The van der Waals surface area contributed by atoms with Crippen LogP contribution in [0, 0.1) is 5.92 Å². The minimum Gasteiger partial charge on any atom is -0.379 e. The summed E-state index contributed by atoms with van der Waals surface area (Å²) < 4.78 is 5.26. The van der Waals surface area contributed by atoms with E-state index in [2.05, 4.69) is 0 Å². The first-order valence-electron chi connectivity index (χ1n) is 6.30. The third-order valence-electron chi connectivity index (χ3n) is 3.91. The van der Waals surface area contributed by atoms with Crippen LogP contribution in [0.3, 0.4) is 0 Å². The lowest BCUT2D eigenvalue weighted by Crippen LogP contribution is -2.46. The van der Waals surface area contributed by atoms with E-state index >= 15 is 0 Å². The molecule has 2 unspecified atom stereocenters. The lowest BCUT2D eigenvalue weighted by atomic mass is 9.93. The van der Waals surface area contributed by atoms with E-state index in [0.29, 0.717) is 19.3 Å². The number of rotatable bonds is 2. The van der Waals surface area contributed by atoms with Gasteiger partial charge >= 0.3 is 0 Å². The smallest absolute Gasteiger partial charge is 0.229 e. The zero-order valence-electron chi connectivity index (χ0n) is 10.0. The van der Waals surface area contributed by atoms with Gasteiger partial charge in [-0.15, -0.1) is 0 Å². The Balaban J connectivity index is 1.92. The van der Waals surface area contributed by atoms with Gasteiger partial charge in [0.05, 0.1) is 19.1 Å². The molecule has 1 aliphatic heterocycles. The fourth-order valence-electron chi connectivity index (χ4n) is 2.74. The molecule has 1 amide bonds. The molecular weight excluding hydrogens is 204 g/mol. The molecule has 16 heavy (non-hydrogen) atoms. The number of hydrogen-bond acceptors (Lipinski definition) is 3. The summed E-state index contributed by atoms with van der Waals surface area (Å²) in [6, 6.07) is 0.313. The molecule has 4 heteroatoms. The predicted molar refractivity (Wildman–Crippen MR) is 61.9 cm³/mol. The van der Waals surface area contributed by atoms with Crippen LogP contribution in [0.5, 0.6) is 0 Å². The maximum Gasteiger partial charge on any atom is 0.229 e. The van der Waals surface area contributed by atoms with Gasteiger partial charge in [0.15, 0.2) is 0 Å². The van der Waals surface area contributed by atoms with Gasteiger partial charge in [0.25, 0.3) is 0 Å². The van der Waals surface area contributed by atoms with E-state index < -0.39 is 0 Å². The molecule has 2 atom stereocenters. The molecule has 0 bridgehead atoms. The van der Waals surface area contributed by atoms with Crippen LogP contribution in [-0.4, -0.2) is 43.2 Å². The molecule has 0 radical (unpaired) electrons. The highest BCUT2D eigenvalue weighted by atomic mass is 16.5. The molecule has 1 heterocycles.